The van der Waals surface area contributed by atoms with Gasteiger partial charge >= 0.3 is 12.1 Å². The van der Waals surface area contributed by atoms with Crippen molar-refractivity contribution in [1.82, 2.24) is 26.2 Å². The number of methoxy groups -OCH3 is 1. The molecule has 0 aliphatic carbocycles. The van der Waals surface area contributed by atoms with Gasteiger partial charge in [0, 0.05) is 6.54 Å². The summed E-state index contributed by atoms with van der Waals surface area (Å²) in [5.41, 5.74) is 5.33. The Bertz CT molecular complexity index is 1330. The number of likely N-dealkylation sites (tertiary alicyclic amines) is 1. The minimum atomic E-state index is -1.37. The molecule has 2 rings (SSSR count). The van der Waals surface area contributed by atoms with Gasteiger partial charge in [0.15, 0.2) is 0 Å². The van der Waals surface area contributed by atoms with E-state index in [9.17, 15) is 33.9 Å². The van der Waals surface area contributed by atoms with Crippen LogP contribution in [-0.2, 0) is 39.9 Å². The number of benzene rings is 1. The van der Waals surface area contributed by atoms with Crippen molar-refractivity contribution in [3.8, 4) is 0 Å². The highest BCUT2D eigenvalue weighted by molar-refractivity contribution is 5.92. The first-order chi connectivity index (χ1) is 23.8. The van der Waals surface area contributed by atoms with Gasteiger partial charge in [-0.2, -0.15) is 0 Å². The van der Waals surface area contributed by atoms with Crippen molar-refractivity contribution in [3.05, 3.63) is 35.9 Å². The number of aliphatic hydroxyl groups excluding tert-OH is 1. The summed E-state index contributed by atoms with van der Waals surface area (Å²) < 4.78 is 10.1. The second-order valence-electron chi connectivity index (χ2n) is 14.8. The zero-order chi connectivity index (χ0) is 38.5. The molecular formula is C36H58N6O9. The number of amides is 5. The van der Waals surface area contributed by atoms with Crippen molar-refractivity contribution in [2.75, 3.05) is 20.2 Å². The quantitative estimate of drug-likeness (QED) is 0.119. The summed E-state index contributed by atoms with van der Waals surface area (Å²) in [5, 5.41) is 22.4. The molecule has 7 N–H and O–H groups in total. The summed E-state index contributed by atoms with van der Waals surface area (Å²) in [6, 6.07) is 4.40. The number of β-amino-alcohol motifs (C(OH)–C–C–N with tert-alkyl or cyclic N) is 1. The summed E-state index contributed by atoms with van der Waals surface area (Å²) in [5.74, 6) is -3.25. The van der Waals surface area contributed by atoms with E-state index in [1.54, 1.807) is 39.5 Å². The van der Waals surface area contributed by atoms with Gasteiger partial charge in [-0.3, -0.25) is 24.1 Å². The fourth-order valence-electron chi connectivity index (χ4n) is 5.85. The van der Waals surface area contributed by atoms with Crippen molar-refractivity contribution < 1.29 is 43.3 Å². The number of rotatable bonds is 18. The van der Waals surface area contributed by atoms with Crippen molar-refractivity contribution in [1.29, 1.82) is 0 Å². The highest BCUT2D eigenvalue weighted by atomic mass is 16.6. The molecule has 1 heterocycles. The normalized spacial score (nSPS) is 17.8. The first-order valence-corrected chi connectivity index (χ1v) is 17.5. The van der Waals surface area contributed by atoms with Gasteiger partial charge in [-0.15, -0.1) is 0 Å². The van der Waals surface area contributed by atoms with Gasteiger partial charge in [0.05, 0.1) is 31.7 Å². The van der Waals surface area contributed by atoms with Crippen LogP contribution in [0.3, 0.4) is 0 Å². The van der Waals surface area contributed by atoms with Gasteiger partial charge in [-0.25, -0.2) is 9.59 Å². The molecule has 1 aliphatic rings. The van der Waals surface area contributed by atoms with Crippen molar-refractivity contribution in [2.24, 2.45) is 17.6 Å². The lowest BCUT2D eigenvalue weighted by Gasteiger charge is -2.32. The summed E-state index contributed by atoms with van der Waals surface area (Å²) in [4.78, 5) is 79.0. The molecule has 286 valence electrons. The lowest BCUT2D eigenvalue weighted by molar-refractivity contribution is -0.146. The summed E-state index contributed by atoms with van der Waals surface area (Å²) in [6.07, 6.45) is -0.961. The molecule has 15 nitrogen and oxygen atoms in total. The molecule has 0 spiro atoms. The van der Waals surface area contributed by atoms with E-state index in [4.69, 9.17) is 15.2 Å². The van der Waals surface area contributed by atoms with Crippen LogP contribution in [0.15, 0.2) is 30.3 Å². The van der Waals surface area contributed by atoms with Crippen LogP contribution in [0.25, 0.3) is 0 Å². The highest BCUT2D eigenvalue weighted by Crippen LogP contribution is 2.20. The van der Waals surface area contributed by atoms with Crippen LogP contribution in [0.4, 0.5) is 4.79 Å². The first kappa shape index (κ1) is 42.9. The van der Waals surface area contributed by atoms with Gasteiger partial charge in [-0.1, -0.05) is 58.0 Å². The minimum Gasteiger partial charge on any atom is -0.467 e. The van der Waals surface area contributed by atoms with Gasteiger partial charge in [0.2, 0.25) is 23.6 Å². The monoisotopic (exact) mass is 718 g/mol. The number of ether oxygens (including phenoxy) is 2. The maximum atomic E-state index is 13.7. The molecule has 1 fully saturated rings. The van der Waals surface area contributed by atoms with E-state index in [1.165, 1.54) is 7.11 Å². The molecule has 6 atom stereocenters. The number of nitrogens with two attached hydrogens (primary N) is 1. The molecule has 15 heteroatoms. The van der Waals surface area contributed by atoms with Crippen LogP contribution in [0.1, 0.15) is 79.7 Å². The number of carbonyl (C=O) groups excluding carboxylic acids is 6. The van der Waals surface area contributed by atoms with E-state index >= 15 is 0 Å². The zero-order valence-electron chi connectivity index (χ0n) is 31.2. The van der Waals surface area contributed by atoms with Gasteiger partial charge in [0.1, 0.15) is 23.7 Å². The number of primary amides is 1. The Morgan fingerprint density at radius 2 is 1.57 bits per heavy atom. The predicted octanol–water partition coefficient (Wildman–Crippen LogP) is 1.15. The number of hydrogen-bond acceptors (Lipinski definition) is 10. The standard InChI is InChI=1S/C36H58N6O9/c1-21(2)17-25(32(46)41-30(22(3)4)34(48)50-8)39-33(47)27-15-12-16-42(27)20-28(43)24(18-23-13-10-9-11-14-23)38-31(45)26(19-29(37)44)40-35(49)51-36(5,6)7/h9-11,13-14,21-22,24-28,30,43H,12,15-20H2,1-8H3,(H2,37,44)(H,38,45)(H,39,47)(H,40,49)(H,41,46)/t24-,25-,26?,27?,28-,30?/m0/s1. The van der Waals surface area contributed by atoms with Crippen molar-refractivity contribution in [3.63, 3.8) is 0 Å². The third kappa shape index (κ3) is 14.9. The fraction of sp³-hybridized carbons (Fsp3) is 0.667. The number of nitrogens with one attached hydrogen (secondary N) is 4. The third-order valence-corrected chi connectivity index (χ3v) is 8.35. The topological polar surface area (TPSA) is 218 Å². The molecule has 0 radical (unpaired) electrons. The Balaban J connectivity index is 2.25. The molecule has 5 amide bonds. The van der Waals surface area contributed by atoms with Crippen LogP contribution in [0, 0.1) is 11.8 Å². The minimum absolute atomic E-state index is 0.00530. The van der Waals surface area contributed by atoms with Crippen LogP contribution in [0.5, 0.6) is 0 Å². The number of esters is 1. The Kier molecular flexibility index (Phi) is 16.8. The molecule has 1 aromatic rings. The fourth-order valence-corrected chi connectivity index (χ4v) is 5.85. The molecule has 1 aliphatic heterocycles. The Hall–Kier alpha value is -4.24. The van der Waals surface area contributed by atoms with Gasteiger partial charge in [-0.05, 0) is 70.4 Å². The molecule has 0 bridgehead atoms. The highest BCUT2D eigenvalue weighted by Gasteiger charge is 2.37. The van der Waals surface area contributed by atoms with Crippen LogP contribution in [-0.4, -0.2) is 108 Å². The number of hydrogen-bond donors (Lipinski definition) is 6. The molecular weight excluding hydrogens is 660 g/mol. The van der Waals surface area contributed by atoms with E-state index < -0.39 is 84.0 Å². The second-order valence-corrected chi connectivity index (χ2v) is 14.8. The molecule has 51 heavy (non-hydrogen) atoms. The average Bonchev–Trinajstić information content (AvgIpc) is 3.49. The van der Waals surface area contributed by atoms with Gasteiger partial charge < -0.3 is 41.6 Å². The lowest BCUT2D eigenvalue weighted by atomic mass is 9.99. The molecule has 0 aromatic heterocycles. The second kappa shape index (κ2) is 20.0. The Labute approximate surface area is 301 Å². The Morgan fingerprint density at radius 3 is 2.12 bits per heavy atom. The number of nitrogens with zero attached hydrogens (tertiary/aromatic N) is 1. The summed E-state index contributed by atoms with van der Waals surface area (Å²) in [7, 11) is 1.25. The van der Waals surface area contributed by atoms with E-state index in [-0.39, 0.29) is 24.8 Å². The van der Waals surface area contributed by atoms with E-state index in [0.29, 0.717) is 25.8 Å². The van der Waals surface area contributed by atoms with E-state index in [2.05, 4.69) is 21.3 Å². The van der Waals surface area contributed by atoms with Crippen molar-refractivity contribution >= 4 is 35.7 Å². The largest absolute Gasteiger partial charge is 0.467 e. The Morgan fingerprint density at radius 1 is 0.941 bits per heavy atom. The average molecular weight is 719 g/mol. The first-order valence-electron chi connectivity index (χ1n) is 17.5. The van der Waals surface area contributed by atoms with Crippen LogP contribution in [0.2, 0.25) is 0 Å². The molecule has 1 saturated heterocycles. The molecule has 0 saturated carbocycles. The predicted molar refractivity (Wildman–Crippen MR) is 190 cm³/mol. The molecule has 3 unspecified atom stereocenters. The lowest BCUT2D eigenvalue weighted by Crippen LogP contribution is -2.58. The zero-order valence-corrected chi connectivity index (χ0v) is 31.2. The maximum absolute atomic E-state index is 13.7. The SMILES string of the molecule is COC(=O)C(NC(=O)[C@H](CC(C)C)NC(=O)C1CCCN1C[C@H](O)[C@H](Cc1ccccc1)NC(=O)C(CC(N)=O)NC(=O)OC(C)(C)C)C(C)C. The smallest absolute Gasteiger partial charge is 0.408 e. The number of aliphatic hydroxyl groups is 1. The summed E-state index contributed by atoms with van der Waals surface area (Å²) >= 11 is 0. The van der Waals surface area contributed by atoms with E-state index in [0.717, 1.165) is 5.56 Å². The maximum Gasteiger partial charge on any atom is 0.408 e. The van der Waals surface area contributed by atoms with Gasteiger partial charge in [0.25, 0.3) is 0 Å². The summed E-state index contributed by atoms with van der Waals surface area (Å²) in [6.45, 7) is 12.8. The van der Waals surface area contributed by atoms with Crippen LogP contribution < -0.4 is 27.0 Å². The van der Waals surface area contributed by atoms with Crippen LogP contribution >= 0.6 is 0 Å². The number of alkyl carbamates (subject to hydrolysis) is 1. The van der Waals surface area contributed by atoms with Crippen molar-refractivity contribution in [2.45, 2.75) is 122 Å². The third-order valence-electron chi connectivity index (χ3n) is 8.35. The number of carbonyl (C=O) groups is 6. The molecule has 1 aromatic carbocycles. The van der Waals surface area contributed by atoms with E-state index in [1.807, 2.05) is 44.2 Å².